The second-order valence-corrected chi connectivity index (χ2v) is 18.1. The Bertz CT molecular complexity index is 1980. The topological polar surface area (TPSA) is 156 Å². The Hall–Kier alpha value is -4.41. The quantitative estimate of drug-likeness (QED) is 0.114. The van der Waals surface area contributed by atoms with E-state index in [2.05, 4.69) is 82.4 Å². The van der Waals surface area contributed by atoms with Gasteiger partial charge in [0.1, 0.15) is 5.82 Å². The number of hydrogen-bond acceptors (Lipinski definition) is 6. The van der Waals surface area contributed by atoms with E-state index in [0.717, 1.165) is 59.3 Å². The van der Waals surface area contributed by atoms with E-state index in [0.29, 0.717) is 43.0 Å². The zero-order valence-corrected chi connectivity index (χ0v) is 33.2. The summed E-state index contributed by atoms with van der Waals surface area (Å²) in [4.78, 5) is 47.8. The molecule has 10 heteroatoms. The monoisotopic (exact) mass is 734 g/mol. The van der Waals surface area contributed by atoms with Crippen LogP contribution in [0, 0.1) is 21.7 Å². The zero-order chi connectivity index (χ0) is 39.1. The van der Waals surface area contributed by atoms with Crippen LogP contribution in [0.1, 0.15) is 124 Å². The smallest absolute Gasteiger partial charge is 0.254 e. The number of rotatable bonds is 8. The number of nitrogens with zero attached hydrogens (tertiary/aromatic N) is 3. The predicted octanol–water partition coefficient (Wildman–Crippen LogP) is 8.58. The number of H-pyrrole nitrogens is 2. The first kappa shape index (κ1) is 39.3. The largest absolute Gasteiger partial charge is 0.392 e. The Kier molecular flexibility index (Phi) is 10.9. The molecule has 10 nitrogen and oxygen atoms in total. The highest BCUT2D eigenvalue weighted by atomic mass is 16.3. The number of aliphatic imine (C=N–C) groups is 1. The number of carbonyl (C=O) groups is 2. The standard InChI is InChI=1S/C44H58N6O4/c1-41(2,3)35(49-39(53)43(7)23-11-9-13-33(43)51)37-45-25-31(47-37)29-19-15-27(16-20-29)28-17-21-30(22-18-28)32-26-46-38(48-32)36(42(4,5)6)50-40(54)44(8)24-12-10-14-34(44)52/h15-22,25-26,33-35,51-52H,9-14,23-24H2,1-8H3,(H,45,47)(H,46,48)(H,49,53). The van der Waals surface area contributed by atoms with Gasteiger partial charge in [-0.2, -0.15) is 0 Å². The molecule has 0 spiro atoms. The lowest BCUT2D eigenvalue weighted by molar-refractivity contribution is -0.141. The predicted molar refractivity (Wildman–Crippen MR) is 214 cm³/mol. The normalized spacial score (nSPS) is 24.6. The third-order valence-corrected chi connectivity index (χ3v) is 11.8. The molecule has 2 aliphatic carbocycles. The van der Waals surface area contributed by atoms with Gasteiger partial charge in [-0.15, -0.1) is 0 Å². The summed E-state index contributed by atoms with van der Waals surface area (Å²) in [7, 11) is 0. The van der Waals surface area contributed by atoms with Crippen LogP contribution in [0.25, 0.3) is 33.6 Å². The molecule has 0 radical (unpaired) electrons. The van der Waals surface area contributed by atoms with Crippen LogP contribution < -0.4 is 5.32 Å². The van der Waals surface area contributed by atoms with Gasteiger partial charge in [0, 0.05) is 5.41 Å². The number of aliphatic hydroxyl groups excluding tert-OH is 2. The Balaban J connectivity index is 1.16. The van der Waals surface area contributed by atoms with Gasteiger partial charge < -0.3 is 25.5 Å². The molecule has 2 amide bonds. The molecule has 2 saturated carbocycles. The Labute approximate surface area is 319 Å². The van der Waals surface area contributed by atoms with Crippen molar-refractivity contribution in [3.8, 4) is 33.6 Å². The van der Waals surface area contributed by atoms with Crippen LogP contribution in [-0.2, 0) is 9.59 Å². The van der Waals surface area contributed by atoms with Crippen LogP contribution in [-0.4, -0.2) is 59.9 Å². The first-order chi connectivity index (χ1) is 25.4. The number of aromatic nitrogens is 4. The third kappa shape index (κ3) is 8.01. The van der Waals surface area contributed by atoms with Crippen LogP contribution in [0.15, 0.2) is 65.9 Å². The first-order valence-corrected chi connectivity index (χ1v) is 19.5. The van der Waals surface area contributed by atoms with Gasteiger partial charge in [0.25, 0.3) is 5.91 Å². The second kappa shape index (κ2) is 15.0. The summed E-state index contributed by atoms with van der Waals surface area (Å²) in [6.45, 7) is 16.0. The van der Waals surface area contributed by atoms with Crippen molar-refractivity contribution in [3.05, 3.63) is 72.6 Å². The maximum atomic E-state index is 13.5. The molecule has 0 aliphatic heterocycles. The maximum Gasteiger partial charge on any atom is 0.254 e. The van der Waals surface area contributed by atoms with E-state index in [1.54, 1.807) is 6.20 Å². The lowest BCUT2D eigenvalue weighted by Gasteiger charge is -2.39. The molecule has 2 fully saturated rings. The number of hydrogen-bond donors (Lipinski definition) is 5. The minimum absolute atomic E-state index is 0.128. The first-order valence-electron chi connectivity index (χ1n) is 19.5. The maximum absolute atomic E-state index is 13.5. The van der Waals surface area contributed by atoms with Crippen LogP contribution in [0.3, 0.4) is 0 Å². The fraction of sp³-hybridized carbons (Fsp3) is 0.523. The molecule has 0 bridgehead atoms. The van der Waals surface area contributed by atoms with Crippen molar-refractivity contribution in [2.24, 2.45) is 26.7 Å². The van der Waals surface area contributed by atoms with Gasteiger partial charge in [0.2, 0.25) is 5.91 Å². The van der Waals surface area contributed by atoms with Gasteiger partial charge in [-0.25, -0.2) is 15.0 Å². The van der Waals surface area contributed by atoms with E-state index < -0.39 is 28.5 Å². The zero-order valence-electron chi connectivity index (χ0n) is 33.2. The molecule has 5 unspecified atom stereocenters. The van der Waals surface area contributed by atoms with E-state index >= 15 is 0 Å². The van der Waals surface area contributed by atoms with E-state index in [1.807, 2.05) is 52.9 Å². The average Bonchev–Trinajstić information content (AvgIpc) is 3.82. The molecule has 5 N–H and O–H groups in total. The minimum atomic E-state index is -0.882. The molecule has 2 heterocycles. The van der Waals surface area contributed by atoms with Crippen LogP contribution in [0.5, 0.6) is 0 Å². The summed E-state index contributed by atoms with van der Waals surface area (Å²) in [6.07, 6.45) is 8.50. The third-order valence-electron chi connectivity index (χ3n) is 11.8. The fourth-order valence-corrected chi connectivity index (χ4v) is 7.84. The van der Waals surface area contributed by atoms with E-state index in [1.165, 1.54) is 0 Å². The number of nitrogens with one attached hydrogen (secondary N) is 3. The summed E-state index contributed by atoms with van der Waals surface area (Å²) in [5.74, 6) is 0.821. The summed E-state index contributed by atoms with van der Waals surface area (Å²) >= 11 is 0. The number of benzene rings is 2. The molecule has 2 aromatic heterocycles. The lowest BCUT2D eigenvalue weighted by Crippen LogP contribution is -2.51. The highest BCUT2D eigenvalue weighted by Gasteiger charge is 2.45. The van der Waals surface area contributed by atoms with Gasteiger partial charge in [0.05, 0.1) is 58.6 Å². The molecule has 0 saturated heterocycles. The van der Waals surface area contributed by atoms with Gasteiger partial charge >= 0.3 is 0 Å². The van der Waals surface area contributed by atoms with Gasteiger partial charge in [-0.1, -0.05) is 116 Å². The van der Waals surface area contributed by atoms with Crippen molar-refractivity contribution in [3.63, 3.8) is 0 Å². The Morgan fingerprint density at radius 2 is 1.22 bits per heavy atom. The van der Waals surface area contributed by atoms with Gasteiger partial charge in [-0.3, -0.25) is 9.59 Å². The molecule has 5 atom stereocenters. The van der Waals surface area contributed by atoms with Crippen molar-refractivity contribution < 1.29 is 19.8 Å². The highest BCUT2D eigenvalue weighted by Crippen LogP contribution is 2.40. The van der Waals surface area contributed by atoms with Gasteiger partial charge in [0.15, 0.2) is 5.82 Å². The number of imidazole rings is 2. The number of amides is 2. The summed E-state index contributed by atoms with van der Waals surface area (Å²) < 4.78 is 0. The molecule has 4 aromatic rings. The molecule has 6 rings (SSSR count). The highest BCUT2D eigenvalue weighted by molar-refractivity contribution is 6.08. The Morgan fingerprint density at radius 3 is 1.72 bits per heavy atom. The molecule has 288 valence electrons. The lowest BCUT2D eigenvalue weighted by atomic mass is 9.72. The molecular weight excluding hydrogens is 677 g/mol. The second-order valence-electron chi connectivity index (χ2n) is 18.1. The number of aliphatic hydroxyl groups is 2. The Morgan fingerprint density at radius 1 is 0.741 bits per heavy atom. The van der Waals surface area contributed by atoms with Crippen LogP contribution in [0.2, 0.25) is 0 Å². The average molecular weight is 735 g/mol. The minimum Gasteiger partial charge on any atom is -0.392 e. The fourth-order valence-electron chi connectivity index (χ4n) is 7.84. The van der Waals surface area contributed by atoms with Crippen molar-refractivity contribution in [1.82, 2.24) is 25.3 Å². The summed E-state index contributed by atoms with van der Waals surface area (Å²) in [6, 6.07) is 16.2. The van der Waals surface area contributed by atoms with Crippen molar-refractivity contribution in [1.29, 1.82) is 0 Å². The number of aromatic amines is 2. The van der Waals surface area contributed by atoms with E-state index in [4.69, 9.17) is 4.98 Å². The van der Waals surface area contributed by atoms with Crippen molar-refractivity contribution in [2.75, 3.05) is 0 Å². The molecule has 2 aliphatic rings. The summed E-state index contributed by atoms with van der Waals surface area (Å²) in [5.41, 5.74) is 3.87. The van der Waals surface area contributed by atoms with Gasteiger partial charge in [-0.05, 0) is 67.2 Å². The van der Waals surface area contributed by atoms with Crippen molar-refractivity contribution in [2.45, 2.75) is 125 Å². The number of carbonyl (C=O) groups excluding carboxylic acids is 2. The summed E-state index contributed by atoms with van der Waals surface area (Å²) in [5, 5.41) is 24.6. The molecule has 2 aromatic carbocycles. The van der Waals surface area contributed by atoms with E-state index in [9.17, 15) is 19.8 Å². The molecule has 54 heavy (non-hydrogen) atoms. The molecular formula is C44H58N6O4. The van der Waals surface area contributed by atoms with Crippen molar-refractivity contribution >= 4 is 17.5 Å². The van der Waals surface area contributed by atoms with Crippen LogP contribution >= 0.6 is 0 Å². The van der Waals surface area contributed by atoms with E-state index in [-0.39, 0.29) is 23.3 Å². The SMILES string of the molecule is CC(C)(C)C(=NC(=O)C1(C)CCCCC1O)c1ncc(-c2ccc(-c3ccc(-c4cnc(C(NC(=O)C5(C)CCCCC5O)C(C)(C)C)[nH]4)cc3)cc2)[nH]1. The van der Waals surface area contributed by atoms with Crippen LogP contribution in [0.4, 0.5) is 0 Å².